The van der Waals surface area contributed by atoms with Crippen molar-refractivity contribution in [1.82, 2.24) is 4.98 Å². The summed E-state index contributed by atoms with van der Waals surface area (Å²) < 4.78 is 0.905. The van der Waals surface area contributed by atoms with E-state index in [0.29, 0.717) is 5.02 Å². The van der Waals surface area contributed by atoms with Gasteiger partial charge in [0, 0.05) is 16.4 Å². The predicted octanol–water partition coefficient (Wildman–Crippen LogP) is 5.10. The lowest BCUT2D eigenvalue weighted by Crippen LogP contribution is -1.85. The maximum atomic E-state index is 6.11. The minimum absolute atomic E-state index is 0.692. The number of thioether (sulfide) groups is 1. The van der Waals surface area contributed by atoms with E-state index < -0.39 is 0 Å². The van der Waals surface area contributed by atoms with Crippen LogP contribution in [0, 0.1) is 6.92 Å². The number of pyridine rings is 1. The Kier molecular flexibility index (Phi) is 4.48. The molecular weight excluding hydrogens is 318 g/mol. The third-order valence-corrected chi connectivity index (χ3v) is 4.14. The molecule has 0 saturated heterocycles. The molecule has 0 aliphatic heterocycles. The number of aryl methyl sites for hydroxylation is 1. The van der Waals surface area contributed by atoms with E-state index in [1.54, 1.807) is 18.0 Å². The fourth-order valence-electron chi connectivity index (χ4n) is 1.46. The molecule has 0 fully saturated rings. The number of hydrogen-bond donors (Lipinski definition) is 0. The van der Waals surface area contributed by atoms with Gasteiger partial charge >= 0.3 is 0 Å². The standard InChI is InChI=1S/C13H11BrClNS/c1-9-3-2-4-10(5-9)8-17-13-12(15)6-11(14)7-16-13/h2-7H,8H2,1H3. The molecule has 1 heterocycles. The maximum absolute atomic E-state index is 6.11. The van der Waals surface area contributed by atoms with Gasteiger partial charge in [0.05, 0.1) is 5.02 Å². The average Bonchev–Trinajstić information content (AvgIpc) is 2.28. The van der Waals surface area contributed by atoms with Crippen LogP contribution in [0.1, 0.15) is 11.1 Å². The van der Waals surface area contributed by atoms with Crippen molar-refractivity contribution in [3.63, 3.8) is 0 Å². The zero-order valence-corrected chi connectivity index (χ0v) is 12.4. The predicted molar refractivity (Wildman–Crippen MR) is 77.7 cm³/mol. The van der Waals surface area contributed by atoms with Crippen molar-refractivity contribution in [1.29, 1.82) is 0 Å². The molecule has 0 aliphatic rings. The van der Waals surface area contributed by atoms with Gasteiger partial charge in [0.15, 0.2) is 0 Å². The smallest absolute Gasteiger partial charge is 0.115 e. The van der Waals surface area contributed by atoms with E-state index >= 15 is 0 Å². The number of benzene rings is 1. The Labute approximate surface area is 119 Å². The number of aromatic nitrogens is 1. The van der Waals surface area contributed by atoms with Crippen molar-refractivity contribution < 1.29 is 0 Å². The fourth-order valence-corrected chi connectivity index (χ4v) is 3.06. The summed E-state index contributed by atoms with van der Waals surface area (Å²) >= 11 is 11.1. The summed E-state index contributed by atoms with van der Waals surface area (Å²) in [7, 11) is 0. The lowest BCUT2D eigenvalue weighted by atomic mass is 10.2. The molecule has 0 spiro atoms. The molecule has 0 radical (unpaired) electrons. The monoisotopic (exact) mass is 327 g/mol. The average molecular weight is 329 g/mol. The molecule has 0 bridgehead atoms. The van der Waals surface area contributed by atoms with E-state index in [0.717, 1.165) is 15.3 Å². The SMILES string of the molecule is Cc1cccc(CSc2ncc(Br)cc2Cl)c1. The van der Waals surface area contributed by atoms with Crippen molar-refractivity contribution in [3.8, 4) is 0 Å². The van der Waals surface area contributed by atoms with E-state index in [2.05, 4.69) is 52.1 Å². The highest BCUT2D eigenvalue weighted by atomic mass is 79.9. The van der Waals surface area contributed by atoms with Gasteiger partial charge < -0.3 is 0 Å². The van der Waals surface area contributed by atoms with Crippen LogP contribution in [0.25, 0.3) is 0 Å². The Hall–Kier alpha value is -0.510. The third-order valence-electron chi connectivity index (χ3n) is 2.23. The largest absolute Gasteiger partial charge is 0.247 e. The van der Waals surface area contributed by atoms with Crippen molar-refractivity contribution in [2.24, 2.45) is 0 Å². The van der Waals surface area contributed by atoms with Crippen LogP contribution in [0.3, 0.4) is 0 Å². The summed E-state index contributed by atoms with van der Waals surface area (Å²) in [5.74, 6) is 0.885. The second-order valence-corrected chi connectivity index (χ2v) is 6.01. The van der Waals surface area contributed by atoms with E-state index in [4.69, 9.17) is 11.6 Å². The number of hydrogen-bond acceptors (Lipinski definition) is 2. The van der Waals surface area contributed by atoms with E-state index in [9.17, 15) is 0 Å². The van der Waals surface area contributed by atoms with Gasteiger partial charge in [-0.2, -0.15) is 0 Å². The lowest BCUT2D eigenvalue weighted by molar-refractivity contribution is 1.12. The van der Waals surface area contributed by atoms with Crippen molar-refractivity contribution >= 4 is 39.3 Å². The van der Waals surface area contributed by atoms with Crippen LogP contribution in [-0.4, -0.2) is 4.98 Å². The van der Waals surface area contributed by atoms with Crippen molar-refractivity contribution in [2.45, 2.75) is 17.7 Å². The van der Waals surface area contributed by atoms with Crippen LogP contribution in [0.15, 0.2) is 46.0 Å². The van der Waals surface area contributed by atoms with Crippen LogP contribution in [0.5, 0.6) is 0 Å². The molecular formula is C13H11BrClNS. The van der Waals surface area contributed by atoms with E-state index in [-0.39, 0.29) is 0 Å². The summed E-state index contributed by atoms with van der Waals surface area (Å²) in [5, 5.41) is 1.56. The van der Waals surface area contributed by atoms with Crippen LogP contribution in [0.2, 0.25) is 5.02 Å². The molecule has 0 unspecified atom stereocenters. The van der Waals surface area contributed by atoms with Crippen LogP contribution >= 0.6 is 39.3 Å². The minimum Gasteiger partial charge on any atom is -0.247 e. The van der Waals surface area contributed by atoms with Gasteiger partial charge in [-0.25, -0.2) is 4.98 Å². The molecule has 0 atom stereocenters. The summed E-state index contributed by atoms with van der Waals surface area (Å²) in [6, 6.07) is 10.3. The van der Waals surface area contributed by atoms with Gasteiger partial charge in [0.2, 0.25) is 0 Å². The number of rotatable bonds is 3. The summed E-state index contributed by atoms with van der Waals surface area (Å²) in [6.07, 6.45) is 1.77. The summed E-state index contributed by atoms with van der Waals surface area (Å²) in [4.78, 5) is 4.30. The van der Waals surface area contributed by atoms with Gasteiger partial charge in [-0.3, -0.25) is 0 Å². The lowest BCUT2D eigenvalue weighted by Gasteiger charge is -2.04. The molecule has 4 heteroatoms. The van der Waals surface area contributed by atoms with Crippen molar-refractivity contribution in [2.75, 3.05) is 0 Å². The molecule has 0 aliphatic carbocycles. The molecule has 1 aromatic carbocycles. The first-order valence-electron chi connectivity index (χ1n) is 5.14. The zero-order chi connectivity index (χ0) is 12.3. The Bertz CT molecular complexity index is 531. The fraction of sp³-hybridized carbons (Fsp3) is 0.154. The Balaban J connectivity index is 2.07. The van der Waals surface area contributed by atoms with Gasteiger partial charge in [0.25, 0.3) is 0 Å². The van der Waals surface area contributed by atoms with Crippen LogP contribution in [-0.2, 0) is 5.75 Å². The molecule has 0 N–H and O–H groups in total. The van der Waals surface area contributed by atoms with Crippen LogP contribution < -0.4 is 0 Å². The first-order chi connectivity index (χ1) is 8.15. The topological polar surface area (TPSA) is 12.9 Å². The minimum atomic E-state index is 0.692. The highest BCUT2D eigenvalue weighted by Gasteiger charge is 2.04. The quantitative estimate of drug-likeness (QED) is 0.727. The van der Waals surface area contributed by atoms with E-state index in [1.807, 2.05) is 6.07 Å². The maximum Gasteiger partial charge on any atom is 0.115 e. The Morgan fingerprint density at radius 1 is 1.35 bits per heavy atom. The molecule has 0 saturated carbocycles. The third kappa shape index (κ3) is 3.73. The molecule has 2 rings (SSSR count). The summed E-state index contributed by atoms with van der Waals surface area (Å²) in [6.45, 7) is 2.10. The highest BCUT2D eigenvalue weighted by Crippen LogP contribution is 2.29. The molecule has 1 aromatic heterocycles. The molecule has 1 nitrogen and oxygen atoms in total. The Morgan fingerprint density at radius 3 is 2.88 bits per heavy atom. The highest BCUT2D eigenvalue weighted by molar-refractivity contribution is 9.10. The molecule has 0 amide bonds. The van der Waals surface area contributed by atoms with Crippen molar-refractivity contribution in [3.05, 3.63) is 57.2 Å². The first kappa shape index (κ1) is 12.9. The second kappa shape index (κ2) is 5.89. The number of halogens is 2. The first-order valence-corrected chi connectivity index (χ1v) is 7.30. The molecule has 17 heavy (non-hydrogen) atoms. The van der Waals surface area contributed by atoms with Gasteiger partial charge in [-0.15, -0.1) is 11.8 Å². The normalized spacial score (nSPS) is 10.5. The van der Waals surface area contributed by atoms with Gasteiger partial charge in [-0.1, -0.05) is 41.4 Å². The van der Waals surface area contributed by atoms with E-state index in [1.165, 1.54) is 11.1 Å². The van der Waals surface area contributed by atoms with Crippen LogP contribution in [0.4, 0.5) is 0 Å². The number of nitrogens with zero attached hydrogens (tertiary/aromatic N) is 1. The zero-order valence-electron chi connectivity index (χ0n) is 9.28. The second-order valence-electron chi connectivity index (χ2n) is 3.72. The summed E-state index contributed by atoms with van der Waals surface area (Å²) in [5.41, 5.74) is 2.56. The molecule has 2 aromatic rings. The van der Waals surface area contributed by atoms with Gasteiger partial charge in [0.1, 0.15) is 5.03 Å². The molecule has 88 valence electrons. The Morgan fingerprint density at radius 2 is 2.18 bits per heavy atom. The van der Waals surface area contributed by atoms with Gasteiger partial charge in [-0.05, 0) is 34.5 Å².